The van der Waals surface area contributed by atoms with Crippen LogP contribution in [0.4, 0.5) is 4.39 Å². The van der Waals surface area contributed by atoms with Crippen LogP contribution >= 0.6 is 0 Å². The molecule has 0 aliphatic rings. The zero-order valence-corrected chi connectivity index (χ0v) is 12.6. The summed E-state index contributed by atoms with van der Waals surface area (Å²) in [6.07, 6.45) is 0. The van der Waals surface area contributed by atoms with E-state index >= 15 is 0 Å². The average Bonchev–Trinajstić information content (AvgIpc) is 3.06. The van der Waals surface area contributed by atoms with Crippen molar-refractivity contribution in [1.82, 2.24) is 15.5 Å². The van der Waals surface area contributed by atoms with Gasteiger partial charge in [0.2, 0.25) is 0 Å². The van der Waals surface area contributed by atoms with Crippen molar-refractivity contribution in [2.24, 2.45) is 0 Å². The van der Waals surface area contributed by atoms with E-state index in [1.807, 2.05) is 30.3 Å². The Bertz CT molecular complexity index is 814. The van der Waals surface area contributed by atoms with Crippen LogP contribution in [0.15, 0.2) is 60.7 Å². The van der Waals surface area contributed by atoms with Crippen molar-refractivity contribution in [2.45, 2.75) is 13.0 Å². The normalized spacial score (nSPS) is 11.9. The second kappa shape index (κ2) is 6.44. The van der Waals surface area contributed by atoms with Gasteiger partial charge in [0.1, 0.15) is 11.5 Å². The summed E-state index contributed by atoms with van der Waals surface area (Å²) in [5.74, 6) is -0.662. The molecule has 0 saturated carbocycles. The van der Waals surface area contributed by atoms with Gasteiger partial charge in [-0.3, -0.25) is 9.89 Å². The van der Waals surface area contributed by atoms with E-state index in [-0.39, 0.29) is 11.7 Å². The number of H-pyrrole nitrogens is 1. The predicted molar refractivity (Wildman–Crippen MR) is 86.3 cm³/mol. The van der Waals surface area contributed by atoms with E-state index < -0.39 is 6.04 Å². The van der Waals surface area contributed by atoms with Crippen LogP contribution in [0, 0.1) is 5.82 Å². The topological polar surface area (TPSA) is 57.8 Å². The largest absolute Gasteiger partial charge is 0.344 e. The molecule has 3 rings (SSSR count). The third kappa shape index (κ3) is 3.29. The molecule has 116 valence electrons. The highest BCUT2D eigenvalue weighted by Gasteiger charge is 2.16. The highest BCUT2D eigenvalue weighted by molar-refractivity contribution is 5.93. The van der Waals surface area contributed by atoms with E-state index in [0.717, 1.165) is 5.56 Å². The van der Waals surface area contributed by atoms with Gasteiger partial charge in [0, 0.05) is 11.1 Å². The molecule has 2 aromatic carbocycles. The quantitative estimate of drug-likeness (QED) is 0.772. The fraction of sp³-hybridized carbons (Fsp3) is 0.111. The molecule has 1 heterocycles. The third-order valence-corrected chi connectivity index (χ3v) is 3.61. The Balaban J connectivity index is 1.74. The zero-order valence-electron chi connectivity index (χ0n) is 12.6. The number of aromatic nitrogens is 2. The molecular formula is C18H16FN3O. The van der Waals surface area contributed by atoms with Gasteiger partial charge in [-0.05, 0) is 19.1 Å². The second-order valence-corrected chi connectivity index (χ2v) is 5.25. The Morgan fingerprint density at radius 2 is 1.83 bits per heavy atom. The molecule has 1 amide bonds. The van der Waals surface area contributed by atoms with E-state index in [2.05, 4.69) is 15.5 Å². The van der Waals surface area contributed by atoms with Crippen molar-refractivity contribution in [3.63, 3.8) is 0 Å². The number of amides is 1. The minimum absolute atomic E-state index is 0.324. The lowest BCUT2D eigenvalue weighted by Gasteiger charge is -2.14. The summed E-state index contributed by atoms with van der Waals surface area (Å²) >= 11 is 0. The molecule has 0 fully saturated rings. The monoisotopic (exact) mass is 309 g/mol. The number of benzene rings is 2. The van der Waals surface area contributed by atoms with Crippen LogP contribution in [0.5, 0.6) is 0 Å². The van der Waals surface area contributed by atoms with E-state index in [4.69, 9.17) is 0 Å². The van der Waals surface area contributed by atoms with Gasteiger partial charge in [-0.25, -0.2) is 4.39 Å². The van der Waals surface area contributed by atoms with E-state index in [9.17, 15) is 9.18 Å². The molecule has 1 aromatic heterocycles. The summed E-state index contributed by atoms with van der Waals surface area (Å²) in [5.41, 5.74) is 2.40. The molecule has 0 spiro atoms. The third-order valence-electron chi connectivity index (χ3n) is 3.61. The van der Waals surface area contributed by atoms with Crippen LogP contribution in [0.2, 0.25) is 0 Å². The summed E-state index contributed by atoms with van der Waals surface area (Å²) in [5, 5.41) is 9.63. The van der Waals surface area contributed by atoms with Crippen molar-refractivity contribution in [3.8, 4) is 11.3 Å². The van der Waals surface area contributed by atoms with Crippen molar-refractivity contribution in [1.29, 1.82) is 0 Å². The maximum Gasteiger partial charge on any atom is 0.269 e. The van der Waals surface area contributed by atoms with Crippen LogP contribution in [-0.4, -0.2) is 16.1 Å². The lowest BCUT2D eigenvalue weighted by Crippen LogP contribution is -2.27. The number of nitrogens with one attached hydrogen (secondary N) is 2. The minimum atomic E-state index is -0.438. The number of hydrogen-bond acceptors (Lipinski definition) is 2. The molecule has 3 aromatic rings. The number of carbonyl (C=O) groups excluding carboxylic acids is 1. The first-order valence-corrected chi connectivity index (χ1v) is 7.31. The molecule has 1 atom stereocenters. The molecule has 5 heteroatoms. The van der Waals surface area contributed by atoms with E-state index in [1.54, 1.807) is 31.2 Å². The zero-order chi connectivity index (χ0) is 16.2. The lowest BCUT2D eigenvalue weighted by atomic mass is 10.1. The molecule has 0 saturated heterocycles. The highest BCUT2D eigenvalue weighted by Crippen LogP contribution is 2.19. The predicted octanol–water partition coefficient (Wildman–Crippen LogP) is 3.71. The van der Waals surface area contributed by atoms with Crippen molar-refractivity contribution >= 4 is 5.91 Å². The molecule has 0 aliphatic carbocycles. The molecular weight excluding hydrogens is 293 g/mol. The molecule has 0 radical (unpaired) electrons. The number of nitrogens with zero attached hydrogens (tertiary/aromatic N) is 1. The van der Waals surface area contributed by atoms with Gasteiger partial charge in [-0.1, -0.05) is 48.5 Å². The molecule has 0 aliphatic heterocycles. The Labute approximate surface area is 133 Å². The van der Waals surface area contributed by atoms with Crippen LogP contribution in [0.1, 0.15) is 29.0 Å². The Hall–Kier alpha value is -2.95. The van der Waals surface area contributed by atoms with Gasteiger partial charge in [-0.15, -0.1) is 0 Å². The molecule has 0 bridgehead atoms. The summed E-state index contributed by atoms with van der Waals surface area (Å²) in [7, 11) is 0. The van der Waals surface area contributed by atoms with Crippen molar-refractivity contribution in [2.75, 3.05) is 0 Å². The Morgan fingerprint density at radius 1 is 1.13 bits per heavy atom. The number of aromatic amines is 1. The van der Waals surface area contributed by atoms with Gasteiger partial charge < -0.3 is 5.32 Å². The molecule has 4 nitrogen and oxygen atoms in total. The van der Waals surface area contributed by atoms with E-state index in [1.165, 1.54) is 6.07 Å². The Morgan fingerprint density at radius 3 is 2.57 bits per heavy atom. The average molecular weight is 309 g/mol. The van der Waals surface area contributed by atoms with Crippen LogP contribution in [-0.2, 0) is 0 Å². The Kier molecular flexibility index (Phi) is 4.19. The fourth-order valence-electron chi connectivity index (χ4n) is 2.37. The number of carbonyl (C=O) groups is 1. The molecule has 1 unspecified atom stereocenters. The summed E-state index contributed by atoms with van der Waals surface area (Å²) in [6.45, 7) is 1.74. The number of hydrogen-bond donors (Lipinski definition) is 2. The first kappa shape index (κ1) is 15.0. The van der Waals surface area contributed by atoms with Gasteiger partial charge in [-0.2, -0.15) is 5.10 Å². The first-order valence-electron chi connectivity index (χ1n) is 7.31. The summed E-state index contributed by atoms with van der Waals surface area (Å²) < 4.78 is 13.7. The summed E-state index contributed by atoms with van der Waals surface area (Å²) in [4.78, 5) is 12.3. The van der Waals surface area contributed by atoms with Crippen LogP contribution in [0.3, 0.4) is 0 Å². The molecule has 23 heavy (non-hydrogen) atoms. The minimum Gasteiger partial charge on any atom is -0.344 e. The number of rotatable bonds is 4. The van der Waals surface area contributed by atoms with E-state index in [0.29, 0.717) is 17.0 Å². The van der Waals surface area contributed by atoms with Gasteiger partial charge in [0.25, 0.3) is 5.91 Å². The summed E-state index contributed by atoms with van der Waals surface area (Å²) in [6, 6.07) is 17.2. The maximum absolute atomic E-state index is 13.7. The van der Waals surface area contributed by atoms with Gasteiger partial charge >= 0.3 is 0 Å². The maximum atomic E-state index is 13.7. The van der Waals surface area contributed by atoms with Crippen LogP contribution < -0.4 is 5.32 Å². The second-order valence-electron chi connectivity index (χ2n) is 5.25. The van der Waals surface area contributed by atoms with Gasteiger partial charge in [0.05, 0.1) is 11.7 Å². The SMILES string of the molecule is CC(NC(=O)c1cc(-c2ccccc2)n[nH]1)c1ccccc1F. The molecule has 2 N–H and O–H groups in total. The highest BCUT2D eigenvalue weighted by atomic mass is 19.1. The standard InChI is InChI=1S/C18H16FN3O/c1-12(14-9-5-6-10-15(14)19)20-18(23)17-11-16(21-22-17)13-7-3-2-4-8-13/h2-12H,1H3,(H,20,23)(H,21,22). The van der Waals surface area contributed by atoms with Crippen molar-refractivity contribution in [3.05, 3.63) is 77.7 Å². The smallest absolute Gasteiger partial charge is 0.269 e. The van der Waals surface area contributed by atoms with Gasteiger partial charge in [0.15, 0.2) is 0 Å². The first-order chi connectivity index (χ1) is 11.1. The number of halogens is 1. The van der Waals surface area contributed by atoms with Crippen LogP contribution in [0.25, 0.3) is 11.3 Å². The fourth-order valence-corrected chi connectivity index (χ4v) is 2.37. The lowest BCUT2D eigenvalue weighted by molar-refractivity contribution is 0.0934. The van der Waals surface area contributed by atoms with Crippen molar-refractivity contribution < 1.29 is 9.18 Å².